The van der Waals surface area contributed by atoms with Crippen molar-refractivity contribution in [2.45, 2.75) is 26.3 Å². The van der Waals surface area contributed by atoms with E-state index in [1.165, 1.54) is 11.3 Å². The maximum absolute atomic E-state index is 11.2. The van der Waals surface area contributed by atoms with Crippen LogP contribution in [0.3, 0.4) is 0 Å². The Balaban J connectivity index is 2.43. The van der Waals surface area contributed by atoms with Gasteiger partial charge in [0.25, 0.3) is 0 Å². The summed E-state index contributed by atoms with van der Waals surface area (Å²) >= 11 is 1.49. The zero-order chi connectivity index (χ0) is 9.90. The minimum Gasteiger partial charge on any atom is -0.409 e. The second-order valence-corrected chi connectivity index (χ2v) is 4.50. The van der Waals surface area contributed by atoms with Crippen LogP contribution >= 0.6 is 11.3 Å². The molecule has 0 atom stereocenters. The first kappa shape index (κ1) is 10.1. The van der Waals surface area contributed by atoms with Gasteiger partial charge in [-0.1, -0.05) is 0 Å². The fraction of sp³-hybridized carbons (Fsp3) is 0.444. The second kappa shape index (κ2) is 3.79. The summed E-state index contributed by atoms with van der Waals surface area (Å²) in [7, 11) is 0. The van der Waals surface area contributed by atoms with Crippen LogP contribution in [0.5, 0.6) is 5.75 Å². The molecule has 0 unspecified atom stereocenters. The molecule has 0 aliphatic heterocycles. The molecule has 1 amide bonds. The zero-order valence-electron chi connectivity index (χ0n) is 7.96. The van der Waals surface area contributed by atoms with Gasteiger partial charge < -0.3 is 10.1 Å². The van der Waals surface area contributed by atoms with E-state index in [9.17, 15) is 4.79 Å². The minimum absolute atomic E-state index is 0.257. The number of carbonyl (C=O) groups is 1. The highest BCUT2D eigenvalue weighted by Crippen LogP contribution is 2.15. The second-order valence-electron chi connectivity index (χ2n) is 3.72. The van der Waals surface area contributed by atoms with E-state index in [-0.39, 0.29) is 5.54 Å². The van der Waals surface area contributed by atoms with Crippen molar-refractivity contribution in [3.63, 3.8) is 0 Å². The molecule has 0 aromatic carbocycles. The molecule has 72 valence electrons. The molecule has 0 saturated heterocycles. The van der Waals surface area contributed by atoms with Crippen LogP contribution < -0.4 is 10.1 Å². The quantitative estimate of drug-likeness (QED) is 0.755. The van der Waals surface area contributed by atoms with E-state index < -0.39 is 6.09 Å². The van der Waals surface area contributed by atoms with Gasteiger partial charge in [-0.3, -0.25) is 0 Å². The molecule has 1 aromatic rings. The average molecular weight is 199 g/mol. The van der Waals surface area contributed by atoms with Crippen molar-refractivity contribution in [1.29, 1.82) is 0 Å². The lowest BCUT2D eigenvalue weighted by Crippen LogP contribution is -2.42. The van der Waals surface area contributed by atoms with Crippen molar-refractivity contribution in [1.82, 2.24) is 5.32 Å². The van der Waals surface area contributed by atoms with Crippen LogP contribution in [-0.4, -0.2) is 11.6 Å². The Labute approximate surface area is 81.7 Å². The van der Waals surface area contributed by atoms with Crippen molar-refractivity contribution in [3.8, 4) is 5.75 Å². The highest BCUT2D eigenvalue weighted by Gasteiger charge is 2.14. The standard InChI is InChI=1S/C9H13NO2S/c1-9(2,3)10-8(11)12-7-4-5-13-6-7/h4-6H,1-3H3,(H,10,11). The Morgan fingerprint density at radius 3 is 2.69 bits per heavy atom. The van der Waals surface area contributed by atoms with Gasteiger partial charge in [0.1, 0.15) is 5.75 Å². The lowest BCUT2D eigenvalue weighted by atomic mass is 10.1. The molecule has 0 aliphatic carbocycles. The third-order valence-corrected chi connectivity index (χ3v) is 1.84. The van der Waals surface area contributed by atoms with E-state index in [0.29, 0.717) is 5.75 Å². The molecule has 1 rings (SSSR count). The van der Waals surface area contributed by atoms with Crippen molar-refractivity contribution in [2.75, 3.05) is 0 Å². The molecule has 1 N–H and O–H groups in total. The highest BCUT2D eigenvalue weighted by molar-refractivity contribution is 7.08. The van der Waals surface area contributed by atoms with Crippen LogP contribution in [0, 0.1) is 0 Å². The van der Waals surface area contributed by atoms with Gasteiger partial charge >= 0.3 is 6.09 Å². The molecule has 1 aromatic heterocycles. The van der Waals surface area contributed by atoms with Crippen molar-refractivity contribution in [2.24, 2.45) is 0 Å². The molecular weight excluding hydrogens is 186 g/mol. The summed E-state index contributed by atoms with van der Waals surface area (Å²) in [6, 6.07) is 1.76. The Morgan fingerprint density at radius 2 is 2.23 bits per heavy atom. The molecule has 0 spiro atoms. The Kier molecular flexibility index (Phi) is 2.93. The van der Waals surface area contributed by atoms with E-state index in [0.717, 1.165) is 0 Å². The van der Waals surface area contributed by atoms with Crippen LogP contribution in [-0.2, 0) is 0 Å². The number of rotatable bonds is 1. The van der Waals surface area contributed by atoms with Crippen molar-refractivity contribution in [3.05, 3.63) is 16.8 Å². The first-order chi connectivity index (χ1) is 5.97. The summed E-state index contributed by atoms with van der Waals surface area (Å²) in [5.74, 6) is 0.590. The van der Waals surface area contributed by atoms with E-state index >= 15 is 0 Å². The zero-order valence-corrected chi connectivity index (χ0v) is 8.77. The average Bonchev–Trinajstić information content (AvgIpc) is 2.34. The lowest BCUT2D eigenvalue weighted by Gasteiger charge is -2.19. The molecule has 1 heterocycles. The van der Waals surface area contributed by atoms with E-state index in [2.05, 4.69) is 5.32 Å². The summed E-state index contributed by atoms with van der Waals surface area (Å²) in [5.41, 5.74) is -0.257. The van der Waals surface area contributed by atoms with Gasteiger partial charge in [0.15, 0.2) is 0 Å². The summed E-state index contributed by atoms with van der Waals surface area (Å²) in [5, 5.41) is 6.34. The Bertz CT molecular complexity index is 274. The number of nitrogens with one attached hydrogen (secondary N) is 1. The predicted molar refractivity (Wildman–Crippen MR) is 53.2 cm³/mol. The molecular formula is C9H13NO2S. The Hall–Kier alpha value is -1.03. The maximum Gasteiger partial charge on any atom is 0.413 e. The Morgan fingerprint density at radius 1 is 1.54 bits per heavy atom. The number of hydrogen-bond acceptors (Lipinski definition) is 3. The summed E-state index contributed by atoms with van der Waals surface area (Å²) < 4.78 is 4.99. The molecule has 3 nitrogen and oxygen atoms in total. The molecule has 0 aliphatic rings. The third kappa shape index (κ3) is 3.94. The van der Waals surface area contributed by atoms with Crippen LogP contribution in [0.1, 0.15) is 20.8 Å². The van der Waals surface area contributed by atoms with Crippen LogP contribution in [0.25, 0.3) is 0 Å². The minimum atomic E-state index is -0.411. The number of ether oxygens (including phenoxy) is 1. The van der Waals surface area contributed by atoms with Crippen LogP contribution in [0.4, 0.5) is 4.79 Å². The number of amides is 1. The number of hydrogen-bond donors (Lipinski definition) is 1. The SMILES string of the molecule is CC(C)(C)NC(=O)Oc1ccsc1. The largest absolute Gasteiger partial charge is 0.413 e. The molecule has 0 fully saturated rings. The van der Waals surface area contributed by atoms with Crippen molar-refractivity contribution < 1.29 is 9.53 Å². The van der Waals surface area contributed by atoms with Gasteiger partial charge in [0.2, 0.25) is 0 Å². The van der Waals surface area contributed by atoms with E-state index in [1.807, 2.05) is 26.2 Å². The number of carbonyl (C=O) groups excluding carboxylic acids is 1. The van der Waals surface area contributed by atoms with Gasteiger partial charge in [-0.15, -0.1) is 11.3 Å². The highest BCUT2D eigenvalue weighted by atomic mass is 32.1. The van der Waals surface area contributed by atoms with Gasteiger partial charge in [-0.2, -0.15) is 0 Å². The van der Waals surface area contributed by atoms with Gasteiger partial charge in [0.05, 0.1) is 0 Å². The normalized spacial score (nSPS) is 11.0. The molecule has 0 saturated carbocycles. The lowest BCUT2D eigenvalue weighted by molar-refractivity contribution is 0.191. The fourth-order valence-corrected chi connectivity index (χ4v) is 1.30. The summed E-state index contributed by atoms with van der Waals surface area (Å²) in [4.78, 5) is 11.2. The smallest absolute Gasteiger partial charge is 0.409 e. The van der Waals surface area contributed by atoms with Crippen molar-refractivity contribution >= 4 is 17.4 Å². The maximum atomic E-state index is 11.2. The van der Waals surface area contributed by atoms with E-state index in [4.69, 9.17) is 4.74 Å². The monoisotopic (exact) mass is 199 g/mol. The first-order valence-electron chi connectivity index (χ1n) is 3.99. The first-order valence-corrected chi connectivity index (χ1v) is 4.94. The topological polar surface area (TPSA) is 38.3 Å². The van der Waals surface area contributed by atoms with Gasteiger partial charge in [0, 0.05) is 10.9 Å². The van der Waals surface area contributed by atoms with Gasteiger partial charge in [-0.25, -0.2) is 4.79 Å². The molecule has 13 heavy (non-hydrogen) atoms. The number of thiophene rings is 1. The predicted octanol–water partition coefficient (Wildman–Crippen LogP) is 2.64. The summed E-state index contributed by atoms with van der Waals surface area (Å²) in [6.07, 6.45) is -0.411. The third-order valence-electron chi connectivity index (χ3n) is 1.18. The molecule has 0 radical (unpaired) electrons. The fourth-order valence-electron chi connectivity index (χ4n) is 0.749. The molecule has 4 heteroatoms. The van der Waals surface area contributed by atoms with Crippen LogP contribution in [0.15, 0.2) is 16.8 Å². The molecule has 0 bridgehead atoms. The van der Waals surface area contributed by atoms with E-state index in [1.54, 1.807) is 11.4 Å². The summed E-state index contributed by atoms with van der Waals surface area (Å²) in [6.45, 7) is 5.71. The van der Waals surface area contributed by atoms with Crippen LogP contribution in [0.2, 0.25) is 0 Å². The van der Waals surface area contributed by atoms with Gasteiger partial charge in [-0.05, 0) is 32.2 Å².